The summed E-state index contributed by atoms with van der Waals surface area (Å²) in [5.74, 6) is 0.673. The summed E-state index contributed by atoms with van der Waals surface area (Å²) in [6.07, 6.45) is 1.91. The number of benzene rings is 1. The van der Waals surface area contributed by atoms with E-state index in [1.165, 1.54) is 0 Å². The van der Waals surface area contributed by atoms with Crippen LogP contribution < -0.4 is 4.74 Å². The summed E-state index contributed by atoms with van der Waals surface area (Å²) in [5.41, 5.74) is 0.614. The molecule has 0 fully saturated rings. The van der Waals surface area contributed by atoms with Crippen LogP contribution in [0.5, 0.6) is 5.75 Å². The molecular formula is C11H14O2. The van der Waals surface area contributed by atoms with Crippen LogP contribution in [-0.4, -0.2) is 12.4 Å². The number of carbonyl (C=O) groups excluding carboxylic acids is 1. The summed E-state index contributed by atoms with van der Waals surface area (Å²) in [4.78, 5) is 10.6. The molecule has 70 valence electrons. The highest BCUT2D eigenvalue weighted by molar-refractivity contribution is 5.79. The minimum atomic E-state index is 0.154. The van der Waals surface area contributed by atoms with Gasteiger partial charge in [0.25, 0.3) is 0 Å². The minimum Gasteiger partial charge on any atom is -0.490 e. The van der Waals surface area contributed by atoms with E-state index in [0.29, 0.717) is 11.3 Å². The molecule has 2 nitrogen and oxygen atoms in total. The second-order valence-electron chi connectivity index (χ2n) is 2.99. The van der Waals surface area contributed by atoms with Gasteiger partial charge < -0.3 is 4.74 Å². The molecule has 0 aliphatic carbocycles. The van der Waals surface area contributed by atoms with E-state index in [2.05, 4.69) is 0 Å². The SMILES string of the molecule is CC[C@@H](C)Oc1ccccc1C=O. The Morgan fingerprint density at radius 3 is 2.77 bits per heavy atom. The van der Waals surface area contributed by atoms with Crippen molar-refractivity contribution < 1.29 is 9.53 Å². The van der Waals surface area contributed by atoms with Crippen LogP contribution in [0.1, 0.15) is 30.6 Å². The lowest BCUT2D eigenvalue weighted by atomic mass is 10.2. The van der Waals surface area contributed by atoms with Gasteiger partial charge in [-0.3, -0.25) is 4.79 Å². The van der Waals surface area contributed by atoms with Crippen molar-refractivity contribution >= 4 is 6.29 Å². The monoisotopic (exact) mass is 178 g/mol. The van der Waals surface area contributed by atoms with E-state index in [0.717, 1.165) is 12.7 Å². The highest BCUT2D eigenvalue weighted by Gasteiger charge is 2.04. The number of rotatable bonds is 4. The molecule has 0 unspecified atom stereocenters. The van der Waals surface area contributed by atoms with Crippen LogP contribution in [-0.2, 0) is 0 Å². The maximum absolute atomic E-state index is 10.6. The first kappa shape index (κ1) is 9.78. The van der Waals surface area contributed by atoms with Crippen LogP contribution in [0, 0.1) is 0 Å². The van der Waals surface area contributed by atoms with E-state index in [4.69, 9.17) is 4.74 Å². The van der Waals surface area contributed by atoms with Gasteiger partial charge in [0.05, 0.1) is 11.7 Å². The number of hydrogen-bond acceptors (Lipinski definition) is 2. The van der Waals surface area contributed by atoms with Crippen molar-refractivity contribution in [2.24, 2.45) is 0 Å². The Morgan fingerprint density at radius 1 is 1.46 bits per heavy atom. The lowest BCUT2D eigenvalue weighted by Gasteiger charge is -2.13. The fourth-order valence-electron chi connectivity index (χ4n) is 0.985. The Kier molecular flexibility index (Phi) is 3.50. The van der Waals surface area contributed by atoms with Crippen molar-refractivity contribution in [3.05, 3.63) is 29.8 Å². The molecule has 0 heterocycles. The Hall–Kier alpha value is -1.31. The number of hydrogen-bond donors (Lipinski definition) is 0. The molecule has 0 aliphatic heterocycles. The van der Waals surface area contributed by atoms with Gasteiger partial charge in [0.2, 0.25) is 0 Å². The van der Waals surface area contributed by atoms with E-state index in [9.17, 15) is 4.79 Å². The molecule has 0 aliphatic rings. The molecule has 0 N–H and O–H groups in total. The van der Waals surface area contributed by atoms with Gasteiger partial charge in [0.15, 0.2) is 6.29 Å². The summed E-state index contributed by atoms with van der Waals surface area (Å²) in [7, 11) is 0. The molecule has 0 saturated heterocycles. The number of para-hydroxylation sites is 1. The molecule has 13 heavy (non-hydrogen) atoms. The average molecular weight is 178 g/mol. The summed E-state index contributed by atoms with van der Waals surface area (Å²) < 4.78 is 5.55. The normalized spacial score (nSPS) is 12.2. The zero-order valence-electron chi connectivity index (χ0n) is 7.99. The van der Waals surface area contributed by atoms with Crippen molar-refractivity contribution in [2.75, 3.05) is 0 Å². The highest BCUT2D eigenvalue weighted by atomic mass is 16.5. The molecule has 0 bridgehead atoms. The van der Waals surface area contributed by atoms with E-state index < -0.39 is 0 Å². The molecule has 0 aromatic heterocycles. The molecule has 1 atom stereocenters. The van der Waals surface area contributed by atoms with Gasteiger partial charge in [-0.2, -0.15) is 0 Å². The molecular weight excluding hydrogens is 164 g/mol. The third-order valence-electron chi connectivity index (χ3n) is 1.95. The van der Waals surface area contributed by atoms with Crippen LogP contribution in [0.15, 0.2) is 24.3 Å². The zero-order valence-corrected chi connectivity index (χ0v) is 7.99. The van der Waals surface area contributed by atoms with Crippen LogP contribution in [0.4, 0.5) is 0 Å². The Balaban J connectivity index is 2.80. The van der Waals surface area contributed by atoms with Crippen LogP contribution >= 0.6 is 0 Å². The minimum absolute atomic E-state index is 0.154. The fraction of sp³-hybridized carbons (Fsp3) is 0.364. The van der Waals surface area contributed by atoms with Gasteiger partial charge in [-0.25, -0.2) is 0 Å². The highest BCUT2D eigenvalue weighted by Crippen LogP contribution is 2.17. The fourth-order valence-corrected chi connectivity index (χ4v) is 0.985. The van der Waals surface area contributed by atoms with Gasteiger partial charge in [-0.05, 0) is 25.5 Å². The van der Waals surface area contributed by atoms with E-state index >= 15 is 0 Å². The average Bonchev–Trinajstić information content (AvgIpc) is 2.18. The molecule has 1 rings (SSSR count). The maximum atomic E-state index is 10.6. The largest absolute Gasteiger partial charge is 0.490 e. The van der Waals surface area contributed by atoms with E-state index in [1.807, 2.05) is 32.0 Å². The predicted octanol–water partition coefficient (Wildman–Crippen LogP) is 2.68. The summed E-state index contributed by atoms with van der Waals surface area (Å²) >= 11 is 0. The molecule has 0 saturated carbocycles. The van der Waals surface area contributed by atoms with E-state index in [1.54, 1.807) is 6.07 Å². The Labute approximate surface area is 78.5 Å². The van der Waals surface area contributed by atoms with E-state index in [-0.39, 0.29) is 6.10 Å². The van der Waals surface area contributed by atoms with Crippen LogP contribution in [0.25, 0.3) is 0 Å². The number of ether oxygens (including phenoxy) is 1. The second kappa shape index (κ2) is 4.65. The van der Waals surface area contributed by atoms with Crippen molar-refractivity contribution in [3.63, 3.8) is 0 Å². The van der Waals surface area contributed by atoms with Crippen LogP contribution in [0.3, 0.4) is 0 Å². The maximum Gasteiger partial charge on any atom is 0.153 e. The number of aldehydes is 1. The molecule has 1 aromatic rings. The topological polar surface area (TPSA) is 26.3 Å². The first-order valence-electron chi connectivity index (χ1n) is 4.48. The smallest absolute Gasteiger partial charge is 0.153 e. The summed E-state index contributed by atoms with van der Waals surface area (Å²) in [5, 5.41) is 0. The Bertz CT molecular complexity index is 281. The molecule has 0 radical (unpaired) electrons. The van der Waals surface area contributed by atoms with Crippen molar-refractivity contribution in [2.45, 2.75) is 26.4 Å². The quantitative estimate of drug-likeness (QED) is 0.662. The summed E-state index contributed by atoms with van der Waals surface area (Å²) in [6, 6.07) is 7.26. The Morgan fingerprint density at radius 2 is 2.15 bits per heavy atom. The summed E-state index contributed by atoms with van der Waals surface area (Å²) in [6.45, 7) is 4.04. The molecule has 0 amide bonds. The van der Waals surface area contributed by atoms with Crippen molar-refractivity contribution in [3.8, 4) is 5.75 Å². The lowest BCUT2D eigenvalue weighted by Crippen LogP contribution is -2.10. The van der Waals surface area contributed by atoms with Crippen molar-refractivity contribution in [1.29, 1.82) is 0 Å². The molecule has 1 aromatic carbocycles. The molecule has 0 spiro atoms. The van der Waals surface area contributed by atoms with Crippen LogP contribution in [0.2, 0.25) is 0 Å². The first-order valence-corrected chi connectivity index (χ1v) is 4.48. The first-order chi connectivity index (χ1) is 6.27. The predicted molar refractivity (Wildman–Crippen MR) is 52.2 cm³/mol. The number of carbonyl (C=O) groups is 1. The van der Waals surface area contributed by atoms with Gasteiger partial charge in [0, 0.05) is 0 Å². The van der Waals surface area contributed by atoms with Crippen molar-refractivity contribution in [1.82, 2.24) is 0 Å². The third-order valence-corrected chi connectivity index (χ3v) is 1.95. The van der Waals surface area contributed by atoms with Gasteiger partial charge in [0.1, 0.15) is 5.75 Å². The van der Waals surface area contributed by atoms with Gasteiger partial charge >= 0.3 is 0 Å². The van der Waals surface area contributed by atoms with Gasteiger partial charge in [-0.1, -0.05) is 19.1 Å². The zero-order chi connectivity index (χ0) is 9.68. The third kappa shape index (κ3) is 2.58. The van der Waals surface area contributed by atoms with Gasteiger partial charge in [-0.15, -0.1) is 0 Å². The second-order valence-corrected chi connectivity index (χ2v) is 2.99. The lowest BCUT2D eigenvalue weighted by molar-refractivity contribution is 0.111. The standard InChI is InChI=1S/C11H14O2/c1-3-9(2)13-11-7-5-4-6-10(11)8-12/h4-9H,3H2,1-2H3/t9-/m1/s1. The molecule has 2 heteroatoms.